The van der Waals surface area contributed by atoms with Gasteiger partial charge in [-0.2, -0.15) is 8.42 Å². The minimum Gasteiger partial charge on any atom is -0.270 e. The maximum atomic E-state index is 10.7. The second-order valence-corrected chi connectivity index (χ2v) is 7.40. The molecule has 0 N–H and O–H groups in total. The quantitative estimate of drug-likeness (QED) is 0.236. The third-order valence-corrected chi connectivity index (χ3v) is 4.05. The Labute approximate surface area is 132 Å². The van der Waals surface area contributed by atoms with Crippen molar-refractivity contribution in [3.05, 3.63) is 12.2 Å². The van der Waals surface area contributed by atoms with E-state index in [9.17, 15) is 8.42 Å². The molecule has 0 aliphatic rings. The van der Waals surface area contributed by atoms with E-state index in [0.717, 1.165) is 31.9 Å². The zero-order valence-corrected chi connectivity index (χ0v) is 14.8. The van der Waals surface area contributed by atoms with Gasteiger partial charge in [0.25, 0.3) is 10.1 Å². The van der Waals surface area contributed by atoms with Crippen LogP contribution in [0.5, 0.6) is 0 Å². The van der Waals surface area contributed by atoms with Crippen molar-refractivity contribution in [3.63, 3.8) is 0 Å². The number of hydrogen-bond donors (Lipinski definition) is 0. The van der Waals surface area contributed by atoms with Gasteiger partial charge in [-0.05, 0) is 32.1 Å². The molecule has 0 spiro atoms. The molecule has 0 aromatic rings. The third-order valence-electron chi connectivity index (χ3n) is 3.45. The summed E-state index contributed by atoms with van der Waals surface area (Å²) in [4.78, 5) is 0. The Bertz CT molecular complexity index is 334. The van der Waals surface area contributed by atoms with Crippen molar-refractivity contribution in [3.8, 4) is 0 Å². The molecule has 0 rings (SSSR count). The lowest BCUT2D eigenvalue weighted by Crippen LogP contribution is -2.03. The topological polar surface area (TPSA) is 43.4 Å². The van der Waals surface area contributed by atoms with Crippen molar-refractivity contribution >= 4 is 10.1 Å². The van der Waals surface area contributed by atoms with E-state index in [1.165, 1.54) is 51.4 Å². The Balaban J connectivity index is 3.15. The summed E-state index contributed by atoms with van der Waals surface area (Å²) in [7, 11) is -3.25. The molecule has 0 saturated heterocycles. The van der Waals surface area contributed by atoms with Crippen LogP contribution in [0, 0.1) is 0 Å². The Hall–Kier alpha value is -0.350. The molecule has 0 saturated carbocycles. The van der Waals surface area contributed by atoms with E-state index in [2.05, 4.69) is 19.1 Å². The van der Waals surface area contributed by atoms with Crippen molar-refractivity contribution in [1.82, 2.24) is 0 Å². The summed E-state index contributed by atoms with van der Waals surface area (Å²) in [6.45, 7) is 2.58. The number of rotatable bonds is 15. The molecular weight excluding hydrogens is 284 g/mol. The molecule has 0 heterocycles. The fraction of sp³-hybridized carbons (Fsp3) is 0.882. The summed E-state index contributed by atoms with van der Waals surface area (Å²) in [5, 5.41) is 0. The third kappa shape index (κ3) is 19.6. The van der Waals surface area contributed by atoms with Crippen LogP contribution in [0.25, 0.3) is 0 Å². The molecule has 21 heavy (non-hydrogen) atoms. The van der Waals surface area contributed by atoms with Crippen molar-refractivity contribution in [2.24, 2.45) is 0 Å². The minimum absolute atomic E-state index is 0.326. The molecule has 0 aromatic heterocycles. The van der Waals surface area contributed by atoms with Gasteiger partial charge in [-0.25, -0.2) is 0 Å². The summed E-state index contributed by atoms with van der Waals surface area (Å²) in [6, 6.07) is 0. The SMILES string of the molecule is CCCCCCCC/C=C\CCCCCCOS(C)(=O)=O. The molecule has 126 valence electrons. The summed E-state index contributed by atoms with van der Waals surface area (Å²) < 4.78 is 26.2. The standard InChI is InChI=1S/C17H34O3S/c1-3-4-5-6-7-8-9-10-11-12-13-14-15-16-17-20-21(2,18)19/h10-11H,3-9,12-17H2,1-2H3/b11-10-. The average molecular weight is 319 g/mol. The number of hydrogen-bond acceptors (Lipinski definition) is 3. The van der Waals surface area contributed by atoms with Crippen molar-refractivity contribution in [2.75, 3.05) is 12.9 Å². The summed E-state index contributed by atoms with van der Waals surface area (Å²) in [6.07, 6.45) is 20.4. The number of allylic oxidation sites excluding steroid dienone is 2. The van der Waals surface area contributed by atoms with Crippen molar-refractivity contribution in [1.29, 1.82) is 0 Å². The molecule has 0 aromatic carbocycles. The van der Waals surface area contributed by atoms with E-state index in [1.54, 1.807) is 0 Å². The van der Waals surface area contributed by atoms with Crippen LogP contribution in [0.3, 0.4) is 0 Å². The summed E-state index contributed by atoms with van der Waals surface area (Å²) in [5.41, 5.74) is 0. The second kappa shape index (κ2) is 14.6. The molecular formula is C17H34O3S. The summed E-state index contributed by atoms with van der Waals surface area (Å²) >= 11 is 0. The van der Waals surface area contributed by atoms with Crippen LogP contribution in [0.2, 0.25) is 0 Å². The van der Waals surface area contributed by atoms with Gasteiger partial charge in [0.05, 0.1) is 12.9 Å². The molecule has 3 nitrogen and oxygen atoms in total. The zero-order chi connectivity index (χ0) is 15.8. The fourth-order valence-corrected chi connectivity index (χ4v) is 2.63. The highest BCUT2D eigenvalue weighted by atomic mass is 32.2. The van der Waals surface area contributed by atoms with Gasteiger partial charge in [-0.15, -0.1) is 0 Å². The molecule has 0 aliphatic heterocycles. The first kappa shape index (κ1) is 20.6. The van der Waals surface area contributed by atoms with Gasteiger partial charge in [-0.1, -0.05) is 64.0 Å². The Morgan fingerprint density at radius 3 is 1.76 bits per heavy atom. The van der Waals surface area contributed by atoms with Crippen LogP contribution >= 0.6 is 0 Å². The van der Waals surface area contributed by atoms with Crippen LogP contribution in [0.4, 0.5) is 0 Å². The predicted molar refractivity (Wildman–Crippen MR) is 91.0 cm³/mol. The van der Waals surface area contributed by atoms with Gasteiger partial charge in [0.15, 0.2) is 0 Å². The summed E-state index contributed by atoms with van der Waals surface area (Å²) in [5.74, 6) is 0. The van der Waals surface area contributed by atoms with Crippen LogP contribution in [0.1, 0.15) is 84.0 Å². The molecule has 0 aliphatic carbocycles. The first-order valence-corrected chi connectivity index (χ1v) is 10.4. The van der Waals surface area contributed by atoms with Crippen LogP contribution < -0.4 is 0 Å². The normalized spacial score (nSPS) is 12.3. The highest BCUT2D eigenvalue weighted by molar-refractivity contribution is 7.85. The van der Waals surface area contributed by atoms with Crippen LogP contribution in [-0.4, -0.2) is 21.3 Å². The fourth-order valence-electron chi connectivity index (χ4n) is 2.21. The monoisotopic (exact) mass is 318 g/mol. The molecule has 0 amide bonds. The van der Waals surface area contributed by atoms with Crippen LogP contribution in [-0.2, 0) is 14.3 Å². The average Bonchev–Trinajstić information content (AvgIpc) is 2.42. The Kier molecular flexibility index (Phi) is 14.3. The van der Waals surface area contributed by atoms with E-state index in [-0.39, 0.29) is 0 Å². The molecule has 0 fully saturated rings. The Morgan fingerprint density at radius 1 is 0.762 bits per heavy atom. The molecule has 0 atom stereocenters. The van der Waals surface area contributed by atoms with E-state index >= 15 is 0 Å². The minimum atomic E-state index is -3.25. The van der Waals surface area contributed by atoms with Crippen molar-refractivity contribution in [2.45, 2.75) is 84.0 Å². The molecule has 0 radical (unpaired) electrons. The maximum Gasteiger partial charge on any atom is 0.264 e. The highest BCUT2D eigenvalue weighted by Gasteiger charge is 1.99. The lowest BCUT2D eigenvalue weighted by Gasteiger charge is -2.01. The van der Waals surface area contributed by atoms with E-state index in [0.29, 0.717) is 6.61 Å². The van der Waals surface area contributed by atoms with Gasteiger partial charge in [0.1, 0.15) is 0 Å². The van der Waals surface area contributed by atoms with E-state index in [1.807, 2.05) is 0 Å². The van der Waals surface area contributed by atoms with Gasteiger partial charge in [0.2, 0.25) is 0 Å². The van der Waals surface area contributed by atoms with E-state index in [4.69, 9.17) is 4.18 Å². The van der Waals surface area contributed by atoms with E-state index < -0.39 is 10.1 Å². The molecule has 0 unspecified atom stereocenters. The van der Waals surface area contributed by atoms with Crippen molar-refractivity contribution < 1.29 is 12.6 Å². The number of unbranched alkanes of at least 4 members (excludes halogenated alkanes) is 10. The second-order valence-electron chi connectivity index (χ2n) is 5.76. The molecule has 0 bridgehead atoms. The first-order chi connectivity index (χ1) is 10.1. The van der Waals surface area contributed by atoms with Gasteiger partial charge >= 0.3 is 0 Å². The zero-order valence-electron chi connectivity index (χ0n) is 14.0. The van der Waals surface area contributed by atoms with Gasteiger partial charge < -0.3 is 0 Å². The first-order valence-electron chi connectivity index (χ1n) is 8.55. The van der Waals surface area contributed by atoms with Gasteiger partial charge in [-0.3, -0.25) is 4.18 Å². The smallest absolute Gasteiger partial charge is 0.264 e. The predicted octanol–water partition coefficient (Wildman–Crippen LogP) is 5.22. The largest absolute Gasteiger partial charge is 0.270 e. The maximum absolute atomic E-state index is 10.7. The lowest BCUT2D eigenvalue weighted by atomic mass is 10.1. The Morgan fingerprint density at radius 2 is 1.24 bits per heavy atom. The van der Waals surface area contributed by atoms with Crippen LogP contribution in [0.15, 0.2) is 12.2 Å². The molecule has 4 heteroatoms. The lowest BCUT2D eigenvalue weighted by molar-refractivity contribution is 0.310. The van der Waals surface area contributed by atoms with Gasteiger partial charge in [0, 0.05) is 0 Å². The highest BCUT2D eigenvalue weighted by Crippen LogP contribution is 2.08.